The van der Waals surface area contributed by atoms with Crippen molar-refractivity contribution < 1.29 is 9.47 Å². The van der Waals surface area contributed by atoms with Crippen LogP contribution in [0.2, 0.25) is 0 Å². The number of rotatable bonds is 3. The number of aromatic amines is 1. The van der Waals surface area contributed by atoms with Crippen LogP contribution in [0.4, 0.5) is 0 Å². The van der Waals surface area contributed by atoms with Gasteiger partial charge in [-0.3, -0.25) is 5.10 Å². The number of fused-ring (bicyclic) bond motifs is 1. The number of hydrogen-bond acceptors (Lipinski definition) is 5. The summed E-state index contributed by atoms with van der Waals surface area (Å²) >= 11 is 0. The molecule has 3 heterocycles. The highest BCUT2D eigenvalue weighted by atomic mass is 16.5. The molecule has 1 aromatic carbocycles. The number of nitrogens with zero attached hydrogens (tertiary/aromatic N) is 3. The maximum absolute atomic E-state index is 9.12. The van der Waals surface area contributed by atoms with Gasteiger partial charge in [0.25, 0.3) is 0 Å². The predicted molar refractivity (Wildman–Crippen MR) is 88.5 cm³/mol. The molecule has 2 aromatic heterocycles. The molecule has 0 saturated carbocycles. The summed E-state index contributed by atoms with van der Waals surface area (Å²) in [5, 5.41) is 17.4. The molecule has 0 spiro atoms. The Morgan fingerprint density at radius 2 is 2.12 bits per heavy atom. The van der Waals surface area contributed by atoms with Crippen molar-refractivity contribution in [3.63, 3.8) is 0 Å². The van der Waals surface area contributed by atoms with Crippen LogP contribution in [0.3, 0.4) is 0 Å². The Bertz CT molecular complexity index is 907. The summed E-state index contributed by atoms with van der Waals surface area (Å²) < 4.78 is 11.5. The van der Waals surface area contributed by atoms with E-state index in [-0.39, 0.29) is 6.10 Å². The Morgan fingerprint density at radius 3 is 2.96 bits per heavy atom. The van der Waals surface area contributed by atoms with Gasteiger partial charge in [0.15, 0.2) is 0 Å². The summed E-state index contributed by atoms with van der Waals surface area (Å²) in [6, 6.07) is 11.4. The van der Waals surface area contributed by atoms with Crippen molar-refractivity contribution in [3.05, 3.63) is 42.1 Å². The monoisotopic (exact) mass is 320 g/mol. The SMILES string of the molecule is N#Cc1cccc(-c2n[nH]c3ccnc(OC4CCOCC4)c23)c1. The molecule has 0 radical (unpaired) electrons. The maximum atomic E-state index is 9.12. The van der Waals surface area contributed by atoms with Crippen molar-refractivity contribution in [2.75, 3.05) is 13.2 Å². The summed E-state index contributed by atoms with van der Waals surface area (Å²) in [6.45, 7) is 1.42. The van der Waals surface area contributed by atoms with E-state index in [1.165, 1.54) is 0 Å². The van der Waals surface area contributed by atoms with E-state index in [1.54, 1.807) is 12.3 Å². The van der Waals surface area contributed by atoms with Gasteiger partial charge < -0.3 is 9.47 Å². The summed E-state index contributed by atoms with van der Waals surface area (Å²) in [5.74, 6) is 0.575. The Kier molecular flexibility index (Phi) is 3.85. The van der Waals surface area contributed by atoms with Gasteiger partial charge in [-0.1, -0.05) is 12.1 Å². The average molecular weight is 320 g/mol. The Morgan fingerprint density at radius 1 is 1.25 bits per heavy atom. The zero-order valence-corrected chi connectivity index (χ0v) is 13.0. The van der Waals surface area contributed by atoms with Crippen molar-refractivity contribution in [2.45, 2.75) is 18.9 Å². The van der Waals surface area contributed by atoms with E-state index in [9.17, 15) is 0 Å². The molecule has 0 bridgehead atoms. The van der Waals surface area contributed by atoms with Crippen LogP contribution in [-0.2, 0) is 4.74 Å². The summed E-state index contributed by atoms with van der Waals surface area (Å²) in [5.41, 5.74) is 3.08. The molecular weight excluding hydrogens is 304 g/mol. The first-order valence-corrected chi connectivity index (χ1v) is 7.93. The van der Waals surface area contributed by atoms with Gasteiger partial charge in [0, 0.05) is 24.6 Å². The van der Waals surface area contributed by atoms with Gasteiger partial charge in [-0.15, -0.1) is 0 Å². The molecule has 120 valence electrons. The second-order valence-electron chi connectivity index (χ2n) is 5.73. The zero-order valence-electron chi connectivity index (χ0n) is 13.0. The fraction of sp³-hybridized carbons (Fsp3) is 0.278. The first kappa shape index (κ1) is 14.7. The fourth-order valence-electron chi connectivity index (χ4n) is 2.92. The lowest BCUT2D eigenvalue weighted by atomic mass is 10.1. The van der Waals surface area contributed by atoms with E-state index in [0.717, 1.165) is 35.0 Å². The lowest BCUT2D eigenvalue weighted by Crippen LogP contribution is -2.26. The second kappa shape index (κ2) is 6.30. The minimum atomic E-state index is 0.102. The molecule has 0 unspecified atom stereocenters. The standard InChI is InChI=1S/C18H16N4O2/c19-11-12-2-1-3-13(10-12)17-16-15(21-22-17)4-7-20-18(16)24-14-5-8-23-9-6-14/h1-4,7,10,14H,5-6,8-9H2,(H,21,22). The molecule has 0 atom stereocenters. The molecule has 24 heavy (non-hydrogen) atoms. The van der Waals surface area contributed by atoms with Gasteiger partial charge in [-0.2, -0.15) is 10.4 Å². The van der Waals surface area contributed by atoms with Crippen LogP contribution in [-0.4, -0.2) is 34.5 Å². The molecule has 0 amide bonds. The molecule has 1 N–H and O–H groups in total. The molecular formula is C18H16N4O2. The van der Waals surface area contributed by atoms with Gasteiger partial charge in [0.2, 0.25) is 5.88 Å². The number of H-pyrrole nitrogens is 1. The van der Waals surface area contributed by atoms with Crippen LogP contribution in [0.15, 0.2) is 36.5 Å². The first-order valence-electron chi connectivity index (χ1n) is 7.93. The highest BCUT2D eigenvalue weighted by Gasteiger charge is 2.20. The molecule has 1 aliphatic rings. The molecule has 1 aliphatic heterocycles. The molecule has 1 saturated heterocycles. The molecule has 0 aliphatic carbocycles. The lowest BCUT2D eigenvalue weighted by Gasteiger charge is -2.23. The van der Waals surface area contributed by atoms with Gasteiger partial charge in [-0.25, -0.2) is 4.98 Å². The number of nitriles is 1. The topological polar surface area (TPSA) is 83.8 Å². The van der Waals surface area contributed by atoms with Crippen LogP contribution >= 0.6 is 0 Å². The van der Waals surface area contributed by atoms with E-state index in [2.05, 4.69) is 21.3 Å². The summed E-state index contributed by atoms with van der Waals surface area (Å²) in [4.78, 5) is 4.41. The number of hydrogen-bond donors (Lipinski definition) is 1. The summed E-state index contributed by atoms with van der Waals surface area (Å²) in [7, 11) is 0. The lowest BCUT2D eigenvalue weighted by molar-refractivity contribution is 0.0244. The number of ether oxygens (including phenoxy) is 2. The molecule has 1 fully saturated rings. The van der Waals surface area contributed by atoms with Gasteiger partial charge in [0.05, 0.1) is 35.7 Å². The number of benzene rings is 1. The largest absolute Gasteiger partial charge is 0.474 e. The quantitative estimate of drug-likeness (QED) is 0.802. The van der Waals surface area contributed by atoms with Gasteiger partial charge >= 0.3 is 0 Å². The van der Waals surface area contributed by atoms with Crippen LogP contribution in [0.1, 0.15) is 18.4 Å². The van der Waals surface area contributed by atoms with Crippen molar-refractivity contribution >= 4 is 10.9 Å². The van der Waals surface area contributed by atoms with Crippen LogP contribution in [0.25, 0.3) is 22.2 Å². The molecule has 6 heteroatoms. The first-order chi connectivity index (χ1) is 11.8. The Hall–Kier alpha value is -2.91. The average Bonchev–Trinajstić information content (AvgIpc) is 3.08. The third-order valence-corrected chi connectivity index (χ3v) is 4.15. The molecule has 4 rings (SSSR count). The minimum absolute atomic E-state index is 0.102. The van der Waals surface area contributed by atoms with Crippen molar-refractivity contribution in [1.29, 1.82) is 5.26 Å². The van der Waals surface area contributed by atoms with Crippen LogP contribution in [0.5, 0.6) is 5.88 Å². The second-order valence-corrected chi connectivity index (χ2v) is 5.73. The molecule has 6 nitrogen and oxygen atoms in total. The maximum Gasteiger partial charge on any atom is 0.225 e. The number of pyridine rings is 1. The van der Waals surface area contributed by atoms with Gasteiger partial charge in [-0.05, 0) is 18.2 Å². The highest BCUT2D eigenvalue weighted by molar-refractivity contribution is 5.96. The zero-order chi connectivity index (χ0) is 16.4. The smallest absolute Gasteiger partial charge is 0.225 e. The van der Waals surface area contributed by atoms with E-state index in [0.29, 0.717) is 24.7 Å². The van der Waals surface area contributed by atoms with Gasteiger partial charge in [0.1, 0.15) is 11.8 Å². The Balaban J connectivity index is 1.77. The third-order valence-electron chi connectivity index (χ3n) is 4.15. The fourth-order valence-corrected chi connectivity index (χ4v) is 2.92. The summed E-state index contributed by atoms with van der Waals surface area (Å²) in [6.07, 6.45) is 3.53. The van der Waals surface area contributed by atoms with E-state index >= 15 is 0 Å². The Labute approximate surface area is 139 Å². The van der Waals surface area contributed by atoms with Crippen molar-refractivity contribution in [3.8, 4) is 23.2 Å². The van der Waals surface area contributed by atoms with E-state index < -0.39 is 0 Å². The number of nitrogens with one attached hydrogen (secondary N) is 1. The number of aromatic nitrogens is 3. The minimum Gasteiger partial charge on any atom is -0.474 e. The van der Waals surface area contributed by atoms with E-state index in [1.807, 2.05) is 24.3 Å². The van der Waals surface area contributed by atoms with Crippen molar-refractivity contribution in [1.82, 2.24) is 15.2 Å². The predicted octanol–water partition coefficient (Wildman–Crippen LogP) is 3.05. The van der Waals surface area contributed by atoms with Crippen LogP contribution in [0, 0.1) is 11.3 Å². The van der Waals surface area contributed by atoms with Crippen LogP contribution < -0.4 is 4.74 Å². The normalized spacial score (nSPS) is 15.3. The molecule has 3 aromatic rings. The highest BCUT2D eigenvalue weighted by Crippen LogP contribution is 2.33. The third kappa shape index (κ3) is 2.70. The van der Waals surface area contributed by atoms with E-state index in [4.69, 9.17) is 14.7 Å². The van der Waals surface area contributed by atoms with Crippen molar-refractivity contribution in [2.24, 2.45) is 0 Å².